The maximum atomic E-state index is 13.3. The van der Waals surface area contributed by atoms with Gasteiger partial charge in [-0.2, -0.15) is 0 Å². The van der Waals surface area contributed by atoms with Crippen molar-refractivity contribution in [3.8, 4) is 5.75 Å². The molecule has 0 bridgehead atoms. The quantitative estimate of drug-likeness (QED) is 0.281. The van der Waals surface area contributed by atoms with Gasteiger partial charge in [-0.3, -0.25) is 19.5 Å². The molecule has 1 fully saturated rings. The molecular formula is C27H20N2O4. The second-order valence-electron chi connectivity index (χ2n) is 7.67. The SMILES string of the molecule is COc1ccc(N2C(=O)C(=O)/C(=C(\O)c3cccc4ccccc34)C2c2ccncc2)cc1. The van der Waals surface area contributed by atoms with Crippen molar-refractivity contribution in [1.29, 1.82) is 0 Å². The minimum Gasteiger partial charge on any atom is -0.507 e. The van der Waals surface area contributed by atoms with Gasteiger partial charge in [0.25, 0.3) is 11.7 Å². The van der Waals surface area contributed by atoms with E-state index in [-0.39, 0.29) is 11.3 Å². The van der Waals surface area contributed by atoms with Gasteiger partial charge in [0.15, 0.2) is 0 Å². The summed E-state index contributed by atoms with van der Waals surface area (Å²) in [7, 11) is 1.56. The summed E-state index contributed by atoms with van der Waals surface area (Å²) in [4.78, 5) is 32.0. The number of aromatic nitrogens is 1. The number of carbonyl (C=O) groups excluding carboxylic acids is 2. The van der Waals surface area contributed by atoms with Crippen LogP contribution in [0.5, 0.6) is 5.75 Å². The van der Waals surface area contributed by atoms with Gasteiger partial charge < -0.3 is 9.84 Å². The Morgan fingerprint density at radius 3 is 2.33 bits per heavy atom. The average molecular weight is 436 g/mol. The number of anilines is 1. The van der Waals surface area contributed by atoms with Crippen LogP contribution < -0.4 is 9.64 Å². The Balaban J connectivity index is 1.74. The number of rotatable bonds is 4. The first-order valence-corrected chi connectivity index (χ1v) is 10.4. The molecule has 1 amide bonds. The lowest BCUT2D eigenvalue weighted by molar-refractivity contribution is -0.132. The van der Waals surface area contributed by atoms with Crippen molar-refractivity contribution in [2.45, 2.75) is 6.04 Å². The highest BCUT2D eigenvalue weighted by Gasteiger charge is 2.47. The maximum Gasteiger partial charge on any atom is 0.300 e. The van der Waals surface area contributed by atoms with Crippen LogP contribution in [0, 0.1) is 0 Å². The van der Waals surface area contributed by atoms with Crippen LogP contribution in [0.2, 0.25) is 0 Å². The summed E-state index contributed by atoms with van der Waals surface area (Å²) in [6.45, 7) is 0. The molecule has 3 aromatic carbocycles. The lowest BCUT2D eigenvalue weighted by Gasteiger charge is -2.25. The van der Waals surface area contributed by atoms with Crippen molar-refractivity contribution in [2.75, 3.05) is 12.0 Å². The number of Topliss-reactive ketones (excluding diaryl/α,β-unsaturated/α-hetero) is 1. The lowest BCUT2D eigenvalue weighted by Crippen LogP contribution is -2.29. The van der Waals surface area contributed by atoms with Gasteiger partial charge in [0.05, 0.1) is 18.7 Å². The number of amides is 1. The Morgan fingerprint density at radius 2 is 1.61 bits per heavy atom. The summed E-state index contributed by atoms with van der Waals surface area (Å²) < 4.78 is 5.22. The van der Waals surface area contributed by atoms with E-state index in [4.69, 9.17) is 4.74 Å². The predicted molar refractivity (Wildman–Crippen MR) is 126 cm³/mol. The zero-order valence-electron chi connectivity index (χ0n) is 17.8. The van der Waals surface area contributed by atoms with Crippen molar-refractivity contribution < 1.29 is 19.4 Å². The molecule has 0 radical (unpaired) electrons. The molecular weight excluding hydrogens is 416 g/mol. The number of nitrogens with zero attached hydrogens (tertiary/aromatic N) is 2. The van der Waals surface area contributed by atoms with Crippen LogP contribution in [0.3, 0.4) is 0 Å². The number of carbonyl (C=O) groups is 2. The first-order valence-electron chi connectivity index (χ1n) is 10.4. The molecule has 1 unspecified atom stereocenters. The molecule has 0 saturated carbocycles. The highest BCUT2D eigenvalue weighted by molar-refractivity contribution is 6.51. The molecule has 5 rings (SSSR count). The molecule has 4 aromatic rings. The summed E-state index contributed by atoms with van der Waals surface area (Å²) in [5, 5.41) is 13.1. The Morgan fingerprint density at radius 1 is 0.909 bits per heavy atom. The highest BCUT2D eigenvalue weighted by atomic mass is 16.5. The van der Waals surface area contributed by atoms with E-state index in [0.717, 1.165) is 10.8 Å². The predicted octanol–water partition coefficient (Wildman–Crippen LogP) is 4.87. The molecule has 6 nitrogen and oxygen atoms in total. The number of benzene rings is 3. The number of methoxy groups -OCH3 is 1. The van der Waals surface area contributed by atoms with Gasteiger partial charge in [-0.05, 0) is 52.7 Å². The van der Waals surface area contributed by atoms with E-state index in [1.807, 2.05) is 36.4 Å². The number of aliphatic hydroxyl groups excluding tert-OH is 1. The molecule has 1 aliphatic heterocycles. The normalized spacial score (nSPS) is 17.5. The van der Waals surface area contributed by atoms with E-state index < -0.39 is 17.7 Å². The first kappa shape index (κ1) is 20.5. The molecule has 1 atom stereocenters. The fourth-order valence-electron chi connectivity index (χ4n) is 4.28. The van der Waals surface area contributed by atoms with Crippen molar-refractivity contribution in [2.24, 2.45) is 0 Å². The Kier molecular flexibility index (Phi) is 5.11. The number of ether oxygens (including phenoxy) is 1. The van der Waals surface area contributed by atoms with Crippen molar-refractivity contribution in [3.05, 3.63) is 108 Å². The van der Waals surface area contributed by atoms with E-state index in [0.29, 0.717) is 22.6 Å². The standard InChI is InChI=1S/C27H20N2O4/c1-33-20-11-9-19(10-12-20)29-24(18-13-15-28-16-14-18)23(26(31)27(29)32)25(30)22-8-4-6-17-5-2-3-7-21(17)22/h2-16,24,30H,1H3/b25-23-. The van der Waals surface area contributed by atoms with Crippen LogP contribution in [-0.4, -0.2) is 28.9 Å². The Labute approximate surface area is 190 Å². The molecule has 0 spiro atoms. The molecule has 1 N–H and O–H groups in total. The van der Waals surface area contributed by atoms with Crippen LogP contribution in [0.4, 0.5) is 5.69 Å². The summed E-state index contributed by atoms with van der Waals surface area (Å²) in [5.74, 6) is -1.02. The second-order valence-corrected chi connectivity index (χ2v) is 7.67. The molecule has 0 aliphatic carbocycles. The van der Waals surface area contributed by atoms with Gasteiger partial charge in [0, 0.05) is 23.6 Å². The van der Waals surface area contributed by atoms with Gasteiger partial charge >= 0.3 is 0 Å². The fourth-order valence-corrected chi connectivity index (χ4v) is 4.28. The van der Waals surface area contributed by atoms with Crippen LogP contribution in [0.25, 0.3) is 16.5 Å². The molecule has 1 aromatic heterocycles. The Hall–Kier alpha value is -4.45. The van der Waals surface area contributed by atoms with Gasteiger partial charge in [-0.1, -0.05) is 42.5 Å². The summed E-state index contributed by atoms with van der Waals surface area (Å²) in [6, 6.07) is 22.7. The highest BCUT2D eigenvalue weighted by Crippen LogP contribution is 2.43. The van der Waals surface area contributed by atoms with E-state index in [1.165, 1.54) is 4.90 Å². The number of fused-ring (bicyclic) bond motifs is 1. The molecule has 33 heavy (non-hydrogen) atoms. The van der Waals surface area contributed by atoms with Crippen molar-refractivity contribution in [3.63, 3.8) is 0 Å². The lowest BCUT2D eigenvalue weighted by atomic mass is 9.93. The fraction of sp³-hybridized carbons (Fsp3) is 0.0741. The van der Waals surface area contributed by atoms with Crippen LogP contribution in [0.15, 0.2) is 96.8 Å². The summed E-state index contributed by atoms with van der Waals surface area (Å²) in [5.41, 5.74) is 1.73. The van der Waals surface area contributed by atoms with Gasteiger partial charge in [-0.25, -0.2) is 0 Å². The number of hydrogen-bond acceptors (Lipinski definition) is 5. The summed E-state index contributed by atoms with van der Waals surface area (Å²) >= 11 is 0. The molecule has 162 valence electrons. The molecule has 1 aliphatic rings. The molecule has 6 heteroatoms. The average Bonchev–Trinajstić information content (AvgIpc) is 3.14. The molecule has 2 heterocycles. The topological polar surface area (TPSA) is 79.7 Å². The van der Waals surface area contributed by atoms with Crippen LogP contribution in [-0.2, 0) is 9.59 Å². The van der Waals surface area contributed by atoms with E-state index in [1.54, 1.807) is 62.0 Å². The number of pyridine rings is 1. The van der Waals surface area contributed by atoms with Crippen molar-refractivity contribution in [1.82, 2.24) is 4.98 Å². The third-order valence-corrected chi connectivity index (χ3v) is 5.86. The smallest absolute Gasteiger partial charge is 0.300 e. The van der Waals surface area contributed by atoms with Crippen LogP contribution in [0.1, 0.15) is 17.2 Å². The first-order chi connectivity index (χ1) is 16.1. The van der Waals surface area contributed by atoms with E-state index in [2.05, 4.69) is 4.98 Å². The van der Waals surface area contributed by atoms with E-state index >= 15 is 0 Å². The maximum absolute atomic E-state index is 13.3. The van der Waals surface area contributed by atoms with Gasteiger partial charge in [0.1, 0.15) is 11.5 Å². The zero-order valence-corrected chi connectivity index (χ0v) is 17.8. The van der Waals surface area contributed by atoms with Crippen molar-refractivity contribution >= 4 is 33.9 Å². The third kappa shape index (κ3) is 3.42. The van der Waals surface area contributed by atoms with Gasteiger partial charge in [-0.15, -0.1) is 0 Å². The summed E-state index contributed by atoms with van der Waals surface area (Å²) in [6.07, 6.45) is 3.20. The van der Waals surface area contributed by atoms with E-state index in [9.17, 15) is 14.7 Å². The Bertz CT molecular complexity index is 1390. The minimum atomic E-state index is -0.805. The van der Waals surface area contributed by atoms with Gasteiger partial charge in [0.2, 0.25) is 0 Å². The number of aliphatic hydroxyl groups is 1. The minimum absolute atomic E-state index is 0.0402. The van der Waals surface area contributed by atoms with Crippen LogP contribution >= 0.6 is 0 Å². The monoisotopic (exact) mass is 436 g/mol. The zero-order chi connectivity index (χ0) is 22.9. The third-order valence-electron chi connectivity index (χ3n) is 5.86. The second kappa shape index (κ2) is 8.24. The molecule has 1 saturated heterocycles. The number of ketones is 1. The number of hydrogen-bond donors (Lipinski definition) is 1. The largest absolute Gasteiger partial charge is 0.507 e.